The van der Waals surface area contributed by atoms with Crippen LogP contribution in [0.4, 0.5) is 9.59 Å². The molecule has 5 aromatic rings. The van der Waals surface area contributed by atoms with Crippen LogP contribution in [-0.4, -0.2) is 92.1 Å². The summed E-state index contributed by atoms with van der Waals surface area (Å²) in [6.07, 6.45) is 4.28. The minimum atomic E-state index is -0.718. The number of fused-ring (bicyclic) bond motifs is 4. The van der Waals surface area contributed by atoms with E-state index >= 15 is 0 Å². The minimum absolute atomic E-state index is 0.0679. The first-order valence-electron chi connectivity index (χ1n) is 21.2. The zero-order chi connectivity index (χ0) is 42.6. The summed E-state index contributed by atoms with van der Waals surface area (Å²) in [5.74, 6) is 1.82. The van der Waals surface area contributed by atoms with E-state index < -0.39 is 24.3 Å². The number of ether oxygens (including phenoxy) is 2. The van der Waals surface area contributed by atoms with Gasteiger partial charge in [-0.3, -0.25) is 9.59 Å². The van der Waals surface area contributed by atoms with Gasteiger partial charge in [0.1, 0.15) is 23.7 Å². The molecule has 60 heavy (non-hydrogen) atoms. The molecule has 14 heteroatoms. The fourth-order valence-electron chi connectivity index (χ4n) is 9.09. The van der Waals surface area contributed by atoms with Gasteiger partial charge in [0.25, 0.3) is 0 Å². The predicted octanol–water partition coefficient (Wildman–Crippen LogP) is 7.88. The van der Waals surface area contributed by atoms with Crippen molar-refractivity contribution >= 4 is 45.8 Å². The summed E-state index contributed by atoms with van der Waals surface area (Å²) < 4.78 is 9.66. The van der Waals surface area contributed by atoms with E-state index in [4.69, 9.17) is 19.4 Å². The van der Waals surface area contributed by atoms with Crippen LogP contribution in [0, 0.1) is 23.7 Å². The van der Waals surface area contributed by atoms with Gasteiger partial charge in [-0.05, 0) is 90.5 Å². The summed E-state index contributed by atoms with van der Waals surface area (Å²) >= 11 is 0. The molecule has 2 aromatic heterocycles. The molecule has 4 N–H and O–H groups in total. The maximum atomic E-state index is 14.1. The fraction of sp³-hybridized carbons (Fsp3) is 0.478. The second-order valence-electron chi connectivity index (χ2n) is 17.6. The Kier molecular flexibility index (Phi) is 11.1. The smallest absolute Gasteiger partial charge is 0.407 e. The number of methoxy groups -OCH3 is 2. The first-order chi connectivity index (χ1) is 28.8. The van der Waals surface area contributed by atoms with Gasteiger partial charge < -0.3 is 39.9 Å². The lowest BCUT2D eigenvalue weighted by molar-refractivity contribution is -0.139. The van der Waals surface area contributed by atoms with Crippen molar-refractivity contribution in [1.82, 2.24) is 40.4 Å². The molecule has 2 saturated carbocycles. The topological polar surface area (TPSA) is 175 Å². The van der Waals surface area contributed by atoms with Gasteiger partial charge in [-0.15, -0.1) is 0 Å². The number of nitrogens with one attached hydrogen (secondary N) is 4. The number of rotatable bonds is 12. The number of alkyl carbamates (subject to hydrolysis) is 2. The maximum absolute atomic E-state index is 14.1. The third kappa shape index (κ3) is 7.79. The maximum Gasteiger partial charge on any atom is 0.407 e. The van der Waals surface area contributed by atoms with Gasteiger partial charge >= 0.3 is 12.2 Å². The van der Waals surface area contributed by atoms with E-state index in [-0.39, 0.29) is 47.8 Å². The highest BCUT2D eigenvalue weighted by Gasteiger charge is 2.52. The molecular weight excluding hydrogens is 761 g/mol. The van der Waals surface area contributed by atoms with Gasteiger partial charge in [0.2, 0.25) is 11.8 Å². The molecule has 0 radical (unpaired) electrons. The van der Waals surface area contributed by atoms with Gasteiger partial charge in [0.15, 0.2) is 0 Å². The van der Waals surface area contributed by atoms with Gasteiger partial charge in [0.05, 0.1) is 49.2 Å². The highest BCUT2D eigenvalue weighted by molar-refractivity contribution is 6.05. The Bertz CT molecular complexity index is 2420. The number of piperidine rings is 1. The van der Waals surface area contributed by atoms with Gasteiger partial charge in [-0.2, -0.15) is 0 Å². The average Bonchev–Trinajstić information content (AvgIpc) is 4.05. The first kappa shape index (κ1) is 40.8. The summed E-state index contributed by atoms with van der Waals surface area (Å²) in [5, 5.41) is 7.59. The number of nitrogens with zero attached hydrogens (tertiary/aromatic N) is 4. The van der Waals surface area contributed by atoms with Crippen LogP contribution in [0.5, 0.6) is 0 Å². The van der Waals surface area contributed by atoms with Crippen molar-refractivity contribution in [2.24, 2.45) is 23.7 Å². The molecule has 14 nitrogen and oxygen atoms in total. The summed E-state index contributed by atoms with van der Waals surface area (Å²) in [6.45, 7) is 11.8. The van der Waals surface area contributed by atoms with Gasteiger partial charge in [0, 0.05) is 17.5 Å². The number of H-pyrrole nitrogens is 2. The van der Waals surface area contributed by atoms with Crippen molar-refractivity contribution in [2.75, 3.05) is 14.2 Å². The molecule has 2 aliphatic carbocycles. The number of carbonyl (C=O) groups excluding carboxylic acids is 4. The molecule has 8 rings (SSSR count). The lowest BCUT2D eigenvalue weighted by Crippen LogP contribution is -2.54. The molecule has 1 saturated heterocycles. The number of likely N-dealkylation sites (tertiary alicyclic amines) is 1. The SMILES string of the molecule is COC(=O)NC(C(=O)N1[C@@H]2CC2CC[C@H]1c1nc2c(ccc3cc(-c4ccc(-c5cnc([C@H](C)N(C(=O)[C@@H](NC(=O)OC)C(C)C)[C@@H]6CC6C)[nH]5)cc4)ccc32)[nH]1)C(C)C. The van der Waals surface area contributed by atoms with Gasteiger partial charge in [-0.1, -0.05) is 77.1 Å². The second kappa shape index (κ2) is 16.3. The number of aromatic nitrogens is 4. The van der Waals surface area contributed by atoms with E-state index in [1.54, 1.807) is 6.20 Å². The summed E-state index contributed by atoms with van der Waals surface area (Å²) in [6, 6.07) is 17.1. The molecule has 0 spiro atoms. The third-order valence-electron chi connectivity index (χ3n) is 12.8. The second-order valence-corrected chi connectivity index (χ2v) is 17.6. The molecule has 3 aromatic carbocycles. The van der Waals surface area contributed by atoms with Crippen molar-refractivity contribution in [3.63, 3.8) is 0 Å². The van der Waals surface area contributed by atoms with Crippen molar-refractivity contribution in [3.8, 4) is 22.4 Å². The van der Waals surface area contributed by atoms with E-state index in [0.717, 1.165) is 75.7 Å². The first-order valence-corrected chi connectivity index (χ1v) is 21.2. The van der Waals surface area contributed by atoms with Crippen LogP contribution in [0.3, 0.4) is 0 Å². The van der Waals surface area contributed by atoms with E-state index in [1.807, 2.05) is 44.4 Å². The highest BCUT2D eigenvalue weighted by atomic mass is 16.5. The molecule has 3 heterocycles. The number of aromatic amines is 2. The highest BCUT2D eigenvalue weighted by Crippen LogP contribution is 2.50. The molecule has 0 bridgehead atoms. The van der Waals surface area contributed by atoms with Crippen LogP contribution in [0.1, 0.15) is 91.0 Å². The summed E-state index contributed by atoms with van der Waals surface area (Å²) in [4.78, 5) is 73.1. The zero-order valence-corrected chi connectivity index (χ0v) is 35.6. The van der Waals surface area contributed by atoms with E-state index in [9.17, 15) is 19.2 Å². The third-order valence-corrected chi connectivity index (χ3v) is 12.8. The Morgan fingerprint density at radius 2 is 1.47 bits per heavy atom. The lowest BCUT2D eigenvalue weighted by Gasteiger charge is -2.37. The molecular formula is C46H56N8O6. The normalized spacial score (nSPS) is 22.2. The standard InChI is InChI=1S/C46H56N8O6/c1-23(2)38(51-45(57)59-7)43(55)53(36-19-25(36)5)26(6)41-47-22-34(49-41)28-11-9-27(10-12-28)29-13-16-32-30(20-29)14-17-33-40(32)50-42(48-33)35-18-15-31-21-37(31)54(35)44(56)39(24(3)4)52-46(58)60-8/h9-14,16-17,20,22-26,31,35-39H,15,18-19,21H2,1-8H3,(H,47,49)(H,48,50)(H,51,57)(H,52,58)/t25?,26-,31?,35-,36+,37+,38-,39?/m0/s1. The van der Waals surface area contributed by atoms with Crippen molar-refractivity contribution in [1.29, 1.82) is 0 Å². The fourth-order valence-corrected chi connectivity index (χ4v) is 9.09. The van der Waals surface area contributed by atoms with E-state index in [1.165, 1.54) is 14.2 Å². The molecule has 1 aliphatic heterocycles. The number of amides is 4. The monoisotopic (exact) mass is 816 g/mol. The molecule has 4 amide bonds. The Morgan fingerprint density at radius 3 is 2.12 bits per heavy atom. The zero-order valence-electron chi connectivity index (χ0n) is 35.6. The van der Waals surface area contributed by atoms with Crippen LogP contribution in [0.25, 0.3) is 44.2 Å². The number of hydrogen-bond donors (Lipinski definition) is 4. The Hall–Kier alpha value is -5.92. The van der Waals surface area contributed by atoms with Crippen LogP contribution in [-0.2, 0) is 19.1 Å². The Balaban J connectivity index is 1.00. The summed E-state index contributed by atoms with van der Waals surface area (Å²) in [5.41, 5.74) is 5.72. The van der Waals surface area contributed by atoms with Crippen molar-refractivity contribution < 1.29 is 28.7 Å². The van der Waals surface area contributed by atoms with Crippen LogP contribution in [0.15, 0.2) is 60.8 Å². The molecule has 3 fully saturated rings. The number of hydrogen-bond acceptors (Lipinski definition) is 8. The predicted molar refractivity (Wildman–Crippen MR) is 228 cm³/mol. The molecule has 3 aliphatic rings. The summed E-state index contributed by atoms with van der Waals surface area (Å²) in [7, 11) is 2.61. The van der Waals surface area contributed by atoms with Gasteiger partial charge in [-0.25, -0.2) is 19.6 Å². The minimum Gasteiger partial charge on any atom is -0.453 e. The quantitative estimate of drug-likeness (QED) is 0.0984. The van der Waals surface area contributed by atoms with Crippen LogP contribution < -0.4 is 10.6 Å². The Labute approximate surface area is 350 Å². The van der Waals surface area contributed by atoms with Crippen molar-refractivity contribution in [2.45, 2.75) is 103 Å². The molecule has 316 valence electrons. The van der Waals surface area contributed by atoms with E-state index in [2.05, 4.69) is 82.1 Å². The number of carbonyl (C=O) groups is 4. The van der Waals surface area contributed by atoms with E-state index in [0.29, 0.717) is 17.7 Å². The number of benzene rings is 3. The van der Waals surface area contributed by atoms with Crippen molar-refractivity contribution in [3.05, 3.63) is 72.4 Å². The Morgan fingerprint density at radius 1 is 0.817 bits per heavy atom. The molecule has 3 unspecified atom stereocenters. The molecule has 8 atom stereocenters. The largest absolute Gasteiger partial charge is 0.453 e. The lowest BCUT2D eigenvalue weighted by atomic mass is 9.97. The van der Waals surface area contributed by atoms with Crippen LogP contribution >= 0.6 is 0 Å². The number of imidazole rings is 2. The average molecular weight is 817 g/mol. The van der Waals surface area contributed by atoms with Crippen LogP contribution in [0.2, 0.25) is 0 Å².